The molecular formula is C11H19N5O2. The highest BCUT2D eigenvalue weighted by molar-refractivity contribution is 5.83. The summed E-state index contributed by atoms with van der Waals surface area (Å²) in [4.78, 5) is 13.7. The zero-order valence-corrected chi connectivity index (χ0v) is 10.8. The summed E-state index contributed by atoms with van der Waals surface area (Å²) in [7, 11) is 1.66. The SMILES string of the molecule is CNC(=O)C1(C)CCN(c2nnc(CCN)o2)C1. The minimum Gasteiger partial charge on any atom is -0.408 e. The van der Waals surface area contributed by atoms with Gasteiger partial charge in [-0.1, -0.05) is 5.10 Å². The van der Waals surface area contributed by atoms with Gasteiger partial charge in [0.1, 0.15) is 0 Å². The largest absolute Gasteiger partial charge is 0.408 e. The van der Waals surface area contributed by atoms with Crippen LogP contribution in [0, 0.1) is 5.41 Å². The second-order valence-electron chi connectivity index (χ2n) is 4.83. The Morgan fingerprint density at radius 3 is 3.06 bits per heavy atom. The third-order valence-electron chi connectivity index (χ3n) is 3.33. The van der Waals surface area contributed by atoms with E-state index in [9.17, 15) is 4.79 Å². The maximum atomic E-state index is 11.8. The van der Waals surface area contributed by atoms with Gasteiger partial charge >= 0.3 is 6.01 Å². The van der Waals surface area contributed by atoms with Crippen LogP contribution in [-0.4, -0.2) is 42.8 Å². The highest BCUT2D eigenvalue weighted by Gasteiger charge is 2.41. The molecule has 7 heteroatoms. The van der Waals surface area contributed by atoms with Crippen LogP contribution in [0.25, 0.3) is 0 Å². The molecular weight excluding hydrogens is 234 g/mol. The van der Waals surface area contributed by atoms with Crippen molar-refractivity contribution < 1.29 is 9.21 Å². The van der Waals surface area contributed by atoms with Gasteiger partial charge in [-0.15, -0.1) is 5.10 Å². The molecule has 100 valence electrons. The lowest BCUT2D eigenvalue weighted by Crippen LogP contribution is -2.39. The fourth-order valence-electron chi connectivity index (χ4n) is 2.21. The summed E-state index contributed by atoms with van der Waals surface area (Å²) < 4.78 is 5.51. The van der Waals surface area contributed by atoms with E-state index in [1.165, 1.54) is 0 Å². The van der Waals surface area contributed by atoms with E-state index in [-0.39, 0.29) is 5.91 Å². The van der Waals surface area contributed by atoms with Crippen molar-refractivity contribution in [1.29, 1.82) is 0 Å². The van der Waals surface area contributed by atoms with Crippen LogP contribution in [0.3, 0.4) is 0 Å². The summed E-state index contributed by atoms with van der Waals surface area (Å²) in [5.41, 5.74) is 5.04. The van der Waals surface area contributed by atoms with Crippen LogP contribution < -0.4 is 16.0 Å². The highest BCUT2D eigenvalue weighted by atomic mass is 16.4. The molecule has 1 amide bonds. The monoisotopic (exact) mass is 253 g/mol. The summed E-state index contributed by atoms with van der Waals surface area (Å²) in [5, 5.41) is 10.6. The molecule has 2 rings (SSSR count). The predicted molar refractivity (Wildman–Crippen MR) is 66.1 cm³/mol. The number of carbonyl (C=O) groups excluding carboxylic acids is 1. The summed E-state index contributed by atoms with van der Waals surface area (Å²) in [6.07, 6.45) is 1.36. The van der Waals surface area contributed by atoms with Gasteiger partial charge < -0.3 is 20.4 Å². The fourth-order valence-corrected chi connectivity index (χ4v) is 2.21. The van der Waals surface area contributed by atoms with Crippen LogP contribution in [-0.2, 0) is 11.2 Å². The number of nitrogens with two attached hydrogens (primary N) is 1. The molecule has 1 aromatic heterocycles. The first-order valence-corrected chi connectivity index (χ1v) is 6.08. The van der Waals surface area contributed by atoms with Crippen molar-refractivity contribution >= 4 is 11.9 Å². The van der Waals surface area contributed by atoms with Crippen LogP contribution >= 0.6 is 0 Å². The average Bonchev–Trinajstić information content (AvgIpc) is 2.96. The van der Waals surface area contributed by atoms with Crippen LogP contribution in [0.4, 0.5) is 6.01 Å². The van der Waals surface area contributed by atoms with Gasteiger partial charge in [0.15, 0.2) is 0 Å². The van der Waals surface area contributed by atoms with E-state index in [0.717, 1.165) is 13.0 Å². The molecule has 1 aromatic rings. The molecule has 1 aliphatic rings. The van der Waals surface area contributed by atoms with Gasteiger partial charge in [0, 0.05) is 33.1 Å². The van der Waals surface area contributed by atoms with Crippen molar-refractivity contribution in [3.63, 3.8) is 0 Å². The van der Waals surface area contributed by atoms with Gasteiger partial charge in [0.2, 0.25) is 11.8 Å². The second-order valence-corrected chi connectivity index (χ2v) is 4.83. The van der Waals surface area contributed by atoms with E-state index in [4.69, 9.17) is 10.2 Å². The first-order valence-electron chi connectivity index (χ1n) is 6.08. The molecule has 0 saturated carbocycles. The first-order chi connectivity index (χ1) is 8.59. The summed E-state index contributed by atoms with van der Waals surface area (Å²) in [6.45, 7) is 3.77. The predicted octanol–water partition coefficient (Wildman–Crippen LogP) is -0.467. The molecule has 3 N–H and O–H groups in total. The smallest absolute Gasteiger partial charge is 0.318 e. The number of hydrogen-bond donors (Lipinski definition) is 2. The zero-order valence-electron chi connectivity index (χ0n) is 10.8. The van der Waals surface area contributed by atoms with Crippen molar-refractivity contribution in [2.45, 2.75) is 19.8 Å². The number of rotatable bonds is 4. The molecule has 0 spiro atoms. The third-order valence-corrected chi connectivity index (χ3v) is 3.33. The summed E-state index contributed by atoms with van der Waals surface area (Å²) >= 11 is 0. The molecule has 2 heterocycles. The normalized spacial score (nSPS) is 23.4. The van der Waals surface area contributed by atoms with Crippen molar-refractivity contribution in [3.05, 3.63) is 5.89 Å². The Balaban J connectivity index is 2.05. The van der Waals surface area contributed by atoms with E-state index in [1.807, 2.05) is 11.8 Å². The summed E-state index contributed by atoms with van der Waals surface area (Å²) in [5.74, 6) is 0.591. The van der Waals surface area contributed by atoms with E-state index in [2.05, 4.69) is 15.5 Å². The van der Waals surface area contributed by atoms with Crippen LogP contribution in [0.15, 0.2) is 4.42 Å². The molecule has 1 fully saturated rings. The molecule has 1 saturated heterocycles. The maximum absolute atomic E-state index is 11.8. The van der Waals surface area contributed by atoms with Gasteiger partial charge in [-0.2, -0.15) is 0 Å². The minimum absolute atomic E-state index is 0.0479. The highest BCUT2D eigenvalue weighted by Crippen LogP contribution is 2.32. The molecule has 18 heavy (non-hydrogen) atoms. The lowest BCUT2D eigenvalue weighted by Gasteiger charge is -2.21. The topological polar surface area (TPSA) is 97.3 Å². The van der Waals surface area contributed by atoms with Gasteiger partial charge in [0.25, 0.3) is 0 Å². The molecule has 0 aromatic carbocycles. The Hall–Kier alpha value is -1.63. The summed E-state index contributed by atoms with van der Waals surface area (Å²) in [6, 6.07) is 0.478. The van der Waals surface area contributed by atoms with Crippen LogP contribution in [0.5, 0.6) is 0 Å². The van der Waals surface area contributed by atoms with Crippen molar-refractivity contribution in [1.82, 2.24) is 15.5 Å². The Kier molecular flexibility index (Phi) is 3.51. The number of anilines is 1. The Morgan fingerprint density at radius 2 is 2.39 bits per heavy atom. The molecule has 1 aliphatic heterocycles. The van der Waals surface area contributed by atoms with E-state index >= 15 is 0 Å². The zero-order chi connectivity index (χ0) is 13.2. The third kappa shape index (κ3) is 2.31. The number of aromatic nitrogens is 2. The molecule has 0 radical (unpaired) electrons. The molecule has 1 unspecified atom stereocenters. The van der Waals surface area contributed by atoms with E-state index in [0.29, 0.717) is 31.4 Å². The minimum atomic E-state index is -0.392. The van der Waals surface area contributed by atoms with Gasteiger partial charge in [-0.3, -0.25) is 4.79 Å². The molecule has 1 atom stereocenters. The van der Waals surface area contributed by atoms with Gasteiger partial charge in [-0.25, -0.2) is 0 Å². The first kappa shape index (κ1) is 12.8. The van der Waals surface area contributed by atoms with Crippen molar-refractivity contribution in [2.75, 3.05) is 31.6 Å². The number of amides is 1. The van der Waals surface area contributed by atoms with E-state index in [1.54, 1.807) is 7.05 Å². The quantitative estimate of drug-likeness (QED) is 0.753. The number of nitrogens with one attached hydrogen (secondary N) is 1. The Bertz CT molecular complexity index is 433. The van der Waals surface area contributed by atoms with Gasteiger partial charge in [0.05, 0.1) is 5.41 Å². The maximum Gasteiger partial charge on any atom is 0.318 e. The van der Waals surface area contributed by atoms with E-state index < -0.39 is 5.41 Å². The number of nitrogens with zero attached hydrogens (tertiary/aromatic N) is 3. The molecule has 0 bridgehead atoms. The fraction of sp³-hybridized carbons (Fsp3) is 0.727. The second kappa shape index (κ2) is 4.93. The van der Waals surface area contributed by atoms with Crippen LogP contribution in [0.1, 0.15) is 19.2 Å². The van der Waals surface area contributed by atoms with Crippen molar-refractivity contribution in [2.24, 2.45) is 11.1 Å². The molecule has 0 aliphatic carbocycles. The lowest BCUT2D eigenvalue weighted by atomic mass is 9.89. The lowest BCUT2D eigenvalue weighted by molar-refractivity contribution is -0.128. The molecule has 7 nitrogen and oxygen atoms in total. The van der Waals surface area contributed by atoms with Crippen molar-refractivity contribution in [3.8, 4) is 0 Å². The van der Waals surface area contributed by atoms with Gasteiger partial charge in [-0.05, 0) is 13.3 Å². The average molecular weight is 253 g/mol. The Morgan fingerprint density at radius 1 is 1.61 bits per heavy atom. The van der Waals surface area contributed by atoms with Crippen LogP contribution in [0.2, 0.25) is 0 Å². The Labute approximate surface area is 106 Å². The number of hydrogen-bond acceptors (Lipinski definition) is 6. The number of carbonyl (C=O) groups is 1. The standard InChI is InChI=1S/C11H19N5O2/c1-11(9(17)13-2)4-6-16(7-11)10-15-14-8(18-10)3-5-12/h3-7,12H2,1-2H3,(H,13,17).